The summed E-state index contributed by atoms with van der Waals surface area (Å²) in [5.41, 5.74) is 2.70. The first kappa shape index (κ1) is 15.8. The van der Waals surface area contributed by atoms with Crippen molar-refractivity contribution >= 4 is 0 Å². The van der Waals surface area contributed by atoms with Crippen LogP contribution >= 0.6 is 0 Å². The van der Waals surface area contributed by atoms with E-state index in [1.807, 2.05) is 23.1 Å². The highest BCUT2D eigenvalue weighted by Gasteiger charge is 2.30. The van der Waals surface area contributed by atoms with Crippen molar-refractivity contribution < 1.29 is 9.84 Å². The van der Waals surface area contributed by atoms with E-state index in [1.165, 1.54) is 11.1 Å². The Balaban J connectivity index is 1.23. The van der Waals surface area contributed by atoms with Gasteiger partial charge in [0, 0.05) is 32.0 Å². The van der Waals surface area contributed by atoms with Gasteiger partial charge in [-0.3, -0.25) is 9.58 Å². The average Bonchev–Trinajstić information content (AvgIpc) is 3.09. The van der Waals surface area contributed by atoms with Crippen molar-refractivity contribution in [2.24, 2.45) is 0 Å². The molecule has 0 spiro atoms. The topological polar surface area (TPSA) is 50.5 Å². The fourth-order valence-corrected chi connectivity index (χ4v) is 3.82. The Morgan fingerprint density at radius 1 is 1.25 bits per heavy atom. The predicted octanol–water partition coefficient (Wildman–Crippen LogP) is 2.19. The van der Waals surface area contributed by atoms with Crippen LogP contribution in [0, 0.1) is 0 Å². The lowest BCUT2D eigenvalue weighted by atomic mass is 9.89. The summed E-state index contributed by atoms with van der Waals surface area (Å²) in [6, 6.07) is 10.9. The number of rotatable bonds is 6. The van der Waals surface area contributed by atoms with Gasteiger partial charge in [0.1, 0.15) is 0 Å². The molecule has 1 saturated heterocycles. The van der Waals surface area contributed by atoms with Gasteiger partial charge >= 0.3 is 0 Å². The van der Waals surface area contributed by atoms with Gasteiger partial charge in [0.15, 0.2) is 0 Å². The maximum absolute atomic E-state index is 10.3. The van der Waals surface area contributed by atoms with Gasteiger partial charge in [-0.2, -0.15) is 5.10 Å². The minimum absolute atomic E-state index is 0.137. The van der Waals surface area contributed by atoms with Crippen LogP contribution < -0.4 is 0 Å². The van der Waals surface area contributed by atoms with Crippen molar-refractivity contribution in [2.75, 3.05) is 26.2 Å². The lowest BCUT2D eigenvalue weighted by Crippen LogP contribution is -2.51. The van der Waals surface area contributed by atoms with Crippen LogP contribution in [-0.4, -0.2) is 52.1 Å². The molecule has 4 rings (SSSR count). The number of aliphatic hydroxyl groups is 1. The molecule has 1 aliphatic carbocycles. The van der Waals surface area contributed by atoms with E-state index in [-0.39, 0.29) is 6.10 Å². The van der Waals surface area contributed by atoms with Crippen molar-refractivity contribution in [1.29, 1.82) is 0 Å². The molecule has 5 nitrogen and oxygen atoms in total. The van der Waals surface area contributed by atoms with Crippen LogP contribution in [0.15, 0.2) is 42.7 Å². The van der Waals surface area contributed by atoms with E-state index in [4.69, 9.17) is 4.74 Å². The summed E-state index contributed by atoms with van der Waals surface area (Å²) < 4.78 is 8.04. The Morgan fingerprint density at radius 2 is 2.12 bits per heavy atom. The fourth-order valence-electron chi connectivity index (χ4n) is 3.82. The van der Waals surface area contributed by atoms with Crippen LogP contribution in [0.2, 0.25) is 0 Å². The van der Waals surface area contributed by atoms with Crippen LogP contribution in [0.25, 0.3) is 0 Å². The summed E-state index contributed by atoms with van der Waals surface area (Å²) in [6.07, 6.45) is 6.87. The van der Waals surface area contributed by atoms with Crippen molar-refractivity contribution in [3.63, 3.8) is 0 Å². The van der Waals surface area contributed by atoms with Gasteiger partial charge in [0.2, 0.25) is 0 Å². The molecule has 1 fully saturated rings. The van der Waals surface area contributed by atoms with Crippen molar-refractivity contribution in [3.8, 4) is 0 Å². The summed E-state index contributed by atoms with van der Waals surface area (Å²) in [7, 11) is 0. The summed E-state index contributed by atoms with van der Waals surface area (Å²) in [4.78, 5) is 2.26. The minimum Gasteiger partial charge on any atom is -0.389 e. The Labute approximate surface area is 142 Å². The molecule has 2 atom stereocenters. The quantitative estimate of drug-likeness (QED) is 0.884. The number of hydrogen-bond acceptors (Lipinski definition) is 4. The predicted molar refractivity (Wildman–Crippen MR) is 91.8 cm³/mol. The van der Waals surface area contributed by atoms with E-state index in [2.05, 4.69) is 34.3 Å². The standard InChI is InChI=1S/C19H25N3O2/c23-17(13-21-11-16(12-21)22-10-4-9-20-22)14-24-19-8-3-6-15-5-1-2-7-18(15)19/h1-2,4-5,7,9-10,16-17,19,23H,3,6,8,11-14H2. The Kier molecular flexibility index (Phi) is 4.65. The van der Waals surface area contributed by atoms with Crippen molar-refractivity contribution in [1.82, 2.24) is 14.7 Å². The minimum atomic E-state index is -0.433. The van der Waals surface area contributed by atoms with Gasteiger partial charge in [-0.05, 0) is 36.5 Å². The van der Waals surface area contributed by atoms with E-state index in [0.29, 0.717) is 19.2 Å². The third-order valence-corrected chi connectivity index (χ3v) is 5.11. The number of ether oxygens (including phenoxy) is 1. The first-order chi connectivity index (χ1) is 11.8. The lowest BCUT2D eigenvalue weighted by molar-refractivity contribution is -0.0409. The van der Waals surface area contributed by atoms with Crippen molar-refractivity contribution in [3.05, 3.63) is 53.9 Å². The number of nitrogens with zero attached hydrogens (tertiary/aromatic N) is 3. The van der Waals surface area contributed by atoms with Crippen LogP contribution in [0.1, 0.15) is 36.1 Å². The SMILES string of the molecule is OC(COC1CCCc2ccccc21)CN1CC(n2cccn2)C1. The molecule has 0 amide bonds. The molecule has 24 heavy (non-hydrogen) atoms. The first-order valence-electron chi connectivity index (χ1n) is 8.88. The second-order valence-electron chi connectivity index (χ2n) is 6.93. The van der Waals surface area contributed by atoms with Gasteiger partial charge in [0.05, 0.1) is 24.9 Å². The molecule has 0 radical (unpaired) electrons. The number of benzene rings is 1. The van der Waals surface area contributed by atoms with E-state index in [1.54, 1.807) is 0 Å². The number of β-amino-alcohol motifs (C(OH)–C–C–N with tert-alkyl or cyclic N) is 1. The zero-order chi connectivity index (χ0) is 16.4. The Morgan fingerprint density at radius 3 is 2.96 bits per heavy atom. The molecule has 2 unspecified atom stereocenters. The number of fused-ring (bicyclic) bond motifs is 1. The maximum atomic E-state index is 10.3. The molecule has 2 heterocycles. The molecular formula is C19H25N3O2. The summed E-state index contributed by atoms with van der Waals surface area (Å²) in [6.45, 7) is 2.98. The molecule has 2 aromatic rings. The highest BCUT2D eigenvalue weighted by Crippen LogP contribution is 2.32. The number of aryl methyl sites for hydroxylation is 1. The first-order valence-corrected chi connectivity index (χ1v) is 8.88. The van der Waals surface area contributed by atoms with E-state index < -0.39 is 6.10 Å². The third kappa shape index (κ3) is 3.38. The fraction of sp³-hybridized carbons (Fsp3) is 0.526. The molecule has 1 aliphatic heterocycles. The Bertz CT molecular complexity index is 652. The van der Waals surface area contributed by atoms with E-state index in [0.717, 1.165) is 32.4 Å². The number of aliphatic hydroxyl groups excluding tert-OH is 1. The number of likely N-dealkylation sites (tertiary alicyclic amines) is 1. The van der Waals surface area contributed by atoms with Gasteiger partial charge in [-0.1, -0.05) is 24.3 Å². The summed E-state index contributed by atoms with van der Waals surface area (Å²) in [5, 5.41) is 14.6. The van der Waals surface area contributed by atoms with E-state index >= 15 is 0 Å². The third-order valence-electron chi connectivity index (χ3n) is 5.11. The zero-order valence-corrected chi connectivity index (χ0v) is 13.9. The highest BCUT2D eigenvalue weighted by molar-refractivity contribution is 5.31. The monoisotopic (exact) mass is 327 g/mol. The van der Waals surface area contributed by atoms with Gasteiger partial charge < -0.3 is 9.84 Å². The van der Waals surface area contributed by atoms with E-state index in [9.17, 15) is 5.11 Å². The van der Waals surface area contributed by atoms with Gasteiger partial charge in [-0.15, -0.1) is 0 Å². The summed E-state index contributed by atoms with van der Waals surface area (Å²) in [5.74, 6) is 0. The highest BCUT2D eigenvalue weighted by atomic mass is 16.5. The molecule has 1 aromatic heterocycles. The molecular weight excluding hydrogens is 302 g/mol. The number of hydrogen-bond donors (Lipinski definition) is 1. The lowest BCUT2D eigenvalue weighted by Gasteiger charge is -2.40. The summed E-state index contributed by atoms with van der Waals surface area (Å²) >= 11 is 0. The van der Waals surface area contributed by atoms with Crippen LogP contribution in [-0.2, 0) is 11.2 Å². The normalized spacial score (nSPS) is 22.8. The largest absolute Gasteiger partial charge is 0.389 e. The smallest absolute Gasteiger partial charge is 0.0900 e. The van der Waals surface area contributed by atoms with Gasteiger partial charge in [-0.25, -0.2) is 0 Å². The maximum Gasteiger partial charge on any atom is 0.0900 e. The van der Waals surface area contributed by atoms with Crippen LogP contribution in [0.5, 0.6) is 0 Å². The number of aromatic nitrogens is 2. The average molecular weight is 327 g/mol. The second-order valence-corrected chi connectivity index (χ2v) is 6.93. The van der Waals surface area contributed by atoms with Crippen LogP contribution in [0.4, 0.5) is 0 Å². The molecule has 5 heteroatoms. The van der Waals surface area contributed by atoms with Crippen LogP contribution in [0.3, 0.4) is 0 Å². The van der Waals surface area contributed by atoms with Crippen molar-refractivity contribution in [2.45, 2.75) is 37.5 Å². The second kappa shape index (κ2) is 7.05. The Hall–Kier alpha value is -1.69. The molecule has 0 saturated carbocycles. The molecule has 1 N–H and O–H groups in total. The van der Waals surface area contributed by atoms with Gasteiger partial charge in [0.25, 0.3) is 0 Å². The zero-order valence-electron chi connectivity index (χ0n) is 13.9. The molecule has 2 aliphatic rings. The molecule has 1 aromatic carbocycles. The molecule has 0 bridgehead atoms. The molecule has 128 valence electrons.